The number of likely N-dealkylation sites (N-methyl/N-ethyl adjacent to an activating group) is 1. The van der Waals surface area contributed by atoms with E-state index in [4.69, 9.17) is 5.73 Å². The zero-order valence-corrected chi connectivity index (χ0v) is 10.1. The summed E-state index contributed by atoms with van der Waals surface area (Å²) in [5, 5.41) is 9.69. The van der Waals surface area contributed by atoms with Crippen LogP contribution in [-0.2, 0) is 0 Å². The summed E-state index contributed by atoms with van der Waals surface area (Å²) in [7, 11) is 2.03. The lowest BCUT2D eigenvalue weighted by Crippen LogP contribution is -2.32. The average molecular weight is 222 g/mol. The summed E-state index contributed by atoms with van der Waals surface area (Å²) in [6.45, 7) is 3.34. The molecule has 16 heavy (non-hydrogen) atoms. The van der Waals surface area contributed by atoms with Gasteiger partial charge < -0.3 is 10.8 Å². The molecule has 0 aliphatic carbocycles. The van der Waals surface area contributed by atoms with Crippen molar-refractivity contribution in [3.8, 4) is 0 Å². The lowest BCUT2D eigenvalue weighted by molar-refractivity contribution is 0.103. The van der Waals surface area contributed by atoms with Gasteiger partial charge in [0.1, 0.15) is 0 Å². The Morgan fingerprint density at radius 1 is 1.31 bits per heavy atom. The summed E-state index contributed by atoms with van der Waals surface area (Å²) in [6.07, 6.45) is 0.326. The molecule has 2 atom stereocenters. The third-order valence-corrected chi connectivity index (χ3v) is 2.94. The Kier molecular flexibility index (Phi) is 5.46. The van der Waals surface area contributed by atoms with E-state index in [1.165, 1.54) is 5.56 Å². The number of rotatable bonds is 6. The van der Waals surface area contributed by atoms with Crippen LogP contribution in [-0.4, -0.2) is 36.2 Å². The Morgan fingerprint density at radius 3 is 2.50 bits per heavy atom. The molecule has 1 aromatic rings. The van der Waals surface area contributed by atoms with Crippen LogP contribution in [0.3, 0.4) is 0 Å². The topological polar surface area (TPSA) is 49.5 Å². The van der Waals surface area contributed by atoms with Gasteiger partial charge in [0.15, 0.2) is 0 Å². The lowest BCUT2D eigenvalue weighted by Gasteiger charge is -2.27. The van der Waals surface area contributed by atoms with Gasteiger partial charge in [0.05, 0.1) is 6.10 Å². The first-order valence-corrected chi connectivity index (χ1v) is 5.78. The summed E-state index contributed by atoms with van der Waals surface area (Å²) >= 11 is 0. The average Bonchev–Trinajstić information content (AvgIpc) is 2.29. The smallest absolute Gasteiger partial charge is 0.0679 e. The number of nitrogens with two attached hydrogens (primary N) is 1. The van der Waals surface area contributed by atoms with Gasteiger partial charge in [0.25, 0.3) is 0 Å². The van der Waals surface area contributed by atoms with Crippen molar-refractivity contribution in [3.05, 3.63) is 35.9 Å². The van der Waals surface area contributed by atoms with Gasteiger partial charge in [-0.15, -0.1) is 0 Å². The van der Waals surface area contributed by atoms with E-state index >= 15 is 0 Å². The summed E-state index contributed by atoms with van der Waals surface area (Å²) < 4.78 is 0. The third kappa shape index (κ3) is 3.93. The van der Waals surface area contributed by atoms with Crippen molar-refractivity contribution in [2.75, 3.05) is 20.1 Å². The van der Waals surface area contributed by atoms with Crippen LogP contribution < -0.4 is 5.73 Å². The lowest BCUT2D eigenvalue weighted by atomic mass is 10.1. The van der Waals surface area contributed by atoms with E-state index in [9.17, 15) is 5.11 Å². The highest BCUT2D eigenvalue weighted by atomic mass is 16.3. The van der Waals surface area contributed by atoms with Gasteiger partial charge >= 0.3 is 0 Å². The molecule has 3 nitrogen and oxygen atoms in total. The van der Waals surface area contributed by atoms with Gasteiger partial charge in [0, 0.05) is 12.6 Å². The second-order valence-electron chi connectivity index (χ2n) is 4.26. The van der Waals surface area contributed by atoms with Crippen molar-refractivity contribution in [1.82, 2.24) is 4.90 Å². The van der Waals surface area contributed by atoms with Crippen LogP contribution in [0.2, 0.25) is 0 Å². The van der Waals surface area contributed by atoms with E-state index in [2.05, 4.69) is 24.0 Å². The van der Waals surface area contributed by atoms with Gasteiger partial charge in [-0.05, 0) is 32.5 Å². The highest BCUT2D eigenvalue weighted by Gasteiger charge is 2.14. The molecule has 0 saturated carbocycles. The maximum atomic E-state index is 9.69. The summed E-state index contributed by atoms with van der Waals surface area (Å²) in [5.41, 5.74) is 6.68. The summed E-state index contributed by atoms with van der Waals surface area (Å²) in [4.78, 5) is 2.15. The standard InChI is InChI=1S/C13H22N2O/c1-11(12-6-4-3-5-7-12)15(2)10-13(16)8-9-14/h3-7,11,13,16H,8-10,14H2,1-2H3. The Morgan fingerprint density at radius 2 is 1.94 bits per heavy atom. The quantitative estimate of drug-likeness (QED) is 0.764. The summed E-state index contributed by atoms with van der Waals surface area (Å²) in [5.74, 6) is 0. The van der Waals surface area contributed by atoms with Crippen molar-refractivity contribution in [2.24, 2.45) is 5.73 Å². The van der Waals surface area contributed by atoms with E-state index in [0.29, 0.717) is 25.6 Å². The molecule has 1 aromatic carbocycles. The van der Waals surface area contributed by atoms with E-state index < -0.39 is 0 Å². The van der Waals surface area contributed by atoms with E-state index in [0.717, 1.165) is 0 Å². The Hall–Kier alpha value is -0.900. The fourth-order valence-corrected chi connectivity index (χ4v) is 1.76. The number of hydrogen-bond acceptors (Lipinski definition) is 3. The molecule has 0 fully saturated rings. The Bertz CT molecular complexity index is 289. The van der Waals surface area contributed by atoms with Gasteiger partial charge in [0.2, 0.25) is 0 Å². The molecule has 0 spiro atoms. The van der Waals surface area contributed by atoms with Gasteiger partial charge in [-0.1, -0.05) is 30.3 Å². The fourth-order valence-electron chi connectivity index (χ4n) is 1.76. The molecule has 0 saturated heterocycles. The first kappa shape index (κ1) is 13.2. The molecule has 0 radical (unpaired) electrons. The van der Waals surface area contributed by atoms with Crippen LogP contribution in [0, 0.1) is 0 Å². The maximum Gasteiger partial charge on any atom is 0.0679 e. The molecule has 0 heterocycles. The molecule has 1 rings (SSSR count). The molecule has 2 unspecified atom stereocenters. The second kappa shape index (κ2) is 6.63. The molecule has 3 N–H and O–H groups in total. The number of nitrogens with zero attached hydrogens (tertiary/aromatic N) is 1. The van der Waals surface area contributed by atoms with Gasteiger partial charge in [-0.2, -0.15) is 0 Å². The molecule has 0 aliphatic heterocycles. The van der Waals surface area contributed by atoms with E-state index in [1.807, 2.05) is 25.2 Å². The van der Waals surface area contributed by atoms with Crippen LogP contribution in [0.5, 0.6) is 0 Å². The Labute approximate surface area is 97.9 Å². The monoisotopic (exact) mass is 222 g/mol. The number of benzene rings is 1. The van der Waals surface area contributed by atoms with E-state index in [1.54, 1.807) is 0 Å². The van der Waals surface area contributed by atoms with Gasteiger partial charge in [-0.3, -0.25) is 4.90 Å². The van der Waals surface area contributed by atoms with Gasteiger partial charge in [-0.25, -0.2) is 0 Å². The van der Waals surface area contributed by atoms with Crippen LogP contribution in [0.15, 0.2) is 30.3 Å². The zero-order valence-electron chi connectivity index (χ0n) is 10.1. The molecule has 0 aliphatic rings. The number of hydrogen-bond donors (Lipinski definition) is 2. The molecule has 0 aromatic heterocycles. The third-order valence-electron chi connectivity index (χ3n) is 2.94. The zero-order chi connectivity index (χ0) is 12.0. The molecule has 0 bridgehead atoms. The van der Waals surface area contributed by atoms with Crippen molar-refractivity contribution in [3.63, 3.8) is 0 Å². The molecular formula is C13H22N2O. The van der Waals surface area contributed by atoms with E-state index in [-0.39, 0.29) is 6.10 Å². The van der Waals surface area contributed by atoms with Crippen LogP contribution >= 0.6 is 0 Å². The predicted molar refractivity (Wildman–Crippen MR) is 67.2 cm³/mol. The van der Waals surface area contributed by atoms with Crippen LogP contribution in [0.4, 0.5) is 0 Å². The largest absolute Gasteiger partial charge is 0.392 e. The first-order chi connectivity index (χ1) is 7.65. The highest BCUT2D eigenvalue weighted by molar-refractivity contribution is 5.18. The van der Waals surface area contributed by atoms with Crippen LogP contribution in [0.25, 0.3) is 0 Å². The highest BCUT2D eigenvalue weighted by Crippen LogP contribution is 2.18. The minimum Gasteiger partial charge on any atom is -0.392 e. The number of aliphatic hydroxyl groups is 1. The fraction of sp³-hybridized carbons (Fsp3) is 0.538. The van der Waals surface area contributed by atoms with Crippen LogP contribution in [0.1, 0.15) is 24.9 Å². The molecule has 3 heteroatoms. The SMILES string of the molecule is CC(c1ccccc1)N(C)CC(O)CCN. The predicted octanol–water partition coefficient (Wildman–Crippen LogP) is 1.39. The van der Waals surface area contributed by atoms with Crippen molar-refractivity contribution >= 4 is 0 Å². The van der Waals surface area contributed by atoms with Crippen molar-refractivity contribution in [1.29, 1.82) is 0 Å². The minimum absolute atomic E-state index is 0.314. The van der Waals surface area contributed by atoms with Crippen molar-refractivity contribution in [2.45, 2.75) is 25.5 Å². The minimum atomic E-state index is -0.332. The second-order valence-corrected chi connectivity index (χ2v) is 4.26. The van der Waals surface area contributed by atoms with Crippen molar-refractivity contribution < 1.29 is 5.11 Å². The summed E-state index contributed by atoms with van der Waals surface area (Å²) in [6, 6.07) is 10.6. The number of aliphatic hydroxyl groups excluding tert-OH is 1. The normalized spacial score (nSPS) is 15.1. The molecular weight excluding hydrogens is 200 g/mol. The maximum absolute atomic E-state index is 9.69. The Balaban J connectivity index is 2.51. The molecule has 0 amide bonds. The first-order valence-electron chi connectivity index (χ1n) is 5.78. The molecule has 90 valence electrons.